The monoisotopic (exact) mass is 282 g/mol. The largest absolute Gasteiger partial charge is 0.394 e. The maximum Gasteiger partial charge on any atom is 0.275 e. The van der Waals surface area contributed by atoms with E-state index in [2.05, 4.69) is 10.1 Å². The molecule has 3 heterocycles. The summed E-state index contributed by atoms with van der Waals surface area (Å²) < 4.78 is 7.85. The van der Waals surface area contributed by atoms with Crippen LogP contribution in [0.2, 0.25) is 0 Å². The summed E-state index contributed by atoms with van der Waals surface area (Å²) in [5.74, 6) is 0.175. The van der Waals surface area contributed by atoms with Crippen molar-refractivity contribution in [1.29, 1.82) is 0 Å². The van der Waals surface area contributed by atoms with Gasteiger partial charge < -0.3 is 20.1 Å². The van der Waals surface area contributed by atoms with Crippen LogP contribution < -0.4 is 5.56 Å². The van der Waals surface area contributed by atoms with E-state index in [1.54, 1.807) is 0 Å². The summed E-state index contributed by atoms with van der Waals surface area (Å²) >= 11 is 0. The Bertz CT molecular complexity index is 693. The van der Waals surface area contributed by atoms with E-state index in [0.717, 1.165) is 4.52 Å². The first-order valence-electron chi connectivity index (χ1n) is 6.04. The summed E-state index contributed by atoms with van der Waals surface area (Å²) in [5, 5.41) is 33.4. The Kier molecular flexibility index (Phi) is 2.87. The molecule has 2 aromatic heterocycles. The predicted octanol–water partition coefficient (Wildman–Crippen LogP) is -2.11. The Labute approximate surface area is 112 Å². The van der Waals surface area contributed by atoms with Crippen molar-refractivity contribution < 1.29 is 20.1 Å². The summed E-state index contributed by atoms with van der Waals surface area (Å²) in [6.07, 6.45) is -0.598. The van der Waals surface area contributed by atoms with Crippen LogP contribution in [0.4, 0.5) is 0 Å². The SMILES string of the molecule is C[C@]1(O)C(n2cnn3c(=O)ccnc23)O[C@H](CO)[C@H]1O. The lowest BCUT2D eigenvalue weighted by molar-refractivity contribution is -0.0951. The first kappa shape index (κ1) is 13.2. The highest BCUT2D eigenvalue weighted by Crippen LogP contribution is 2.38. The molecule has 108 valence electrons. The first-order valence-corrected chi connectivity index (χ1v) is 6.04. The van der Waals surface area contributed by atoms with Crippen LogP contribution in [0.5, 0.6) is 0 Å². The van der Waals surface area contributed by atoms with E-state index in [0.29, 0.717) is 0 Å². The van der Waals surface area contributed by atoms with Crippen molar-refractivity contribution in [1.82, 2.24) is 19.2 Å². The molecule has 9 heteroatoms. The summed E-state index contributed by atoms with van der Waals surface area (Å²) in [7, 11) is 0. The quantitative estimate of drug-likeness (QED) is 0.576. The molecule has 1 saturated heterocycles. The van der Waals surface area contributed by atoms with E-state index in [9.17, 15) is 15.0 Å². The van der Waals surface area contributed by atoms with Crippen molar-refractivity contribution in [2.45, 2.75) is 31.0 Å². The number of aliphatic hydroxyl groups is 3. The number of rotatable bonds is 2. The van der Waals surface area contributed by atoms with Crippen LogP contribution >= 0.6 is 0 Å². The Balaban J connectivity index is 2.12. The highest BCUT2D eigenvalue weighted by molar-refractivity contribution is 5.27. The average Bonchev–Trinajstić information content (AvgIpc) is 2.92. The van der Waals surface area contributed by atoms with E-state index in [1.165, 1.54) is 30.1 Å². The molecule has 0 aliphatic carbocycles. The third kappa shape index (κ3) is 1.68. The molecule has 0 spiro atoms. The highest BCUT2D eigenvalue weighted by atomic mass is 16.6. The normalized spacial score (nSPS) is 33.9. The van der Waals surface area contributed by atoms with Gasteiger partial charge in [0.1, 0.15) is 24.1 Å². The molecule has 3 rings (SSSR count). The molecule has 4 atom stereocenters. The van der Waals surface area contributed by atoms with Crippen LogP contribution in [0, 0.1) is 0 Å². The lowest BCUT2D eigenvalue weighted by Crippen LogP contribution is -2.44. The maximum atomic E-state index is 11.6. The Morgan fingerprint density at radius 2 is 2.30 bits per heavy atom. The van der Waals surface area contributed by atoms with Gasteiger partial charge >= 0.3 is 0 Å². The van der Waals surface area contributed by atoms with Crippen molar-refractivity contribution in [2.24, 2.45) is 0 Å². The molecule has 3 N–H and O–H groups in total. The van der Waals surface area contributed by atoms with Gasteiger partial charge in [-0.1, -0.05) is 0 Å². The smallest absolute Gasteiger partial charge is 0.275 e. The average molecular weight is 282 g/mol. The van der Waals surface area contributed by atoms with E-state index in [1.807, 2.05) is 0 Å². The van der Waals surface area contributed by atoms with Gasteiger partial charge in [0.2, 0.25) is 5.78 Å². The topological polar surface area (TPSA) is 122 Å². The minimum Gasteiger partial charge on any atom is -0.394 e. The second-order valence-electron chi connectivity index (χ2n) is 4.91. The van der Waals surface area contributed by atoms with Gasteiger partial charge in [-0.25, -0.2) is 4.98 Å². The van der Waals surface area contributed by atoms with E-state index < -0.39 is 30.6 Å². The predicted molar refractivity (Wildman–Crippen MR) is 64.9 cm³/mol. The zero-order valence-corrected chi connectivity index (χ0v) is 10.6. The Hall–Kier alpha value is -1.81. The molecule has 0 radical (unpaired) electrons. The van der Waals surface area contributed by atoms with Crippen LogP contribution in [0.15, 0.2) is 23.4 Å². The summed E-state index contributed by atoms with van der Waals surface area (Å²) in [5.41, 5.74) is -2.02. The summed E-state index contributed by atoms with van der Waals surface area (Å²) in [6, 6.07) is 1.25. The standard InChI is InChI=1S/C11H14N4O5/c1-11(19)8(18)6(4-16)20-9(11)14-5-13-15-7(17)2-3-12-10(14)15/h2-3,5-6,8-9,16,18-19H,4H2,1H3/t6-,8-,9?,11-/m1/s1. The molecule has 1 unspecified atom stereocenters. The number of ether oxygens (including phenoxy) is 1. The molecule has 0 saturated carbocycles. The lowest BCUT2D eigenvalue weighted by Gasteiger charge is -2.26. The number of aliphatic hydroxyl groups excluding tert-OH is 2. The fraction of sp³-hybridized carbons (Fsp3) is 0.545. The molecule has 1 aliphatic heterocycles. The fourth-order valence-corrected chi connectivity index (χ4v) is 2.39. The van der Waals surface area contributed by atoms with Crippen molar-refractivity contribution in [3.63, 3.8) is 0 Å². The summed E-state index contributed by atoms with van der Waals surface area (Å²) in [4.78, 5) is 15.6. The van der Waals surface area contributed by atoms with Crippen molar-refractivity contribution in [3.8, 4) is 0 Å². The minimum absolute atomic E-state index is 0.175. The van der Waals surface area contributed by atoms with Crippen molar-refractivity contribution >= 4 is 5.78 Å². The van der Waals surface area contributed by atoms with E-state index in [-0.39, 0.29) is 11.3 Å². The van der Waals surface area contributed by atoms with Crippen molar-refractivity contribution in [2.75, 3.05) is 6.61 Å². The van der Waals surface area contributed by atoms with Crippen LogP contribution in [-0.4, -0.2) is 58.9 Å². The molecular formula is C11H14N4O5. The number of hydrogen-bond donors (Lipinski definition) is 3. The zero-order valence-electron chi connectivity index (χ0n) is 10.6. The second-order valence-corrected chi connectivity index (χ2v) is 4.91. The van der Waals surface area contributed by atoms with Crippen LogP contribution in [0.3, 0.4) is 0 Å². The van der Waals surface area contributed by atoms with Gasteiger partial charge in [-0.3, -0.25) is 9.36 Å². The molecule has 1 aliphatic rings. The molecule has 1 fully saturated rings. The van der Waals surface area contributed by atoms with Gasteiger partial charge in [0.25, 0.3) is 5.56 Å². The second kappa shape index (κ2) is 4.35. The van der Waals surface area contributed by atoms with Gasteiger partial charge in [-0.15, -0.1) is 0 Å². The molecule has 2 aromatic rings. The number of nitrogens with zero attached hydrogens (tertiary/aromatic N) is 4. The van der Waals surface area contributed by atoms with Gasteiger partial charge in [0, 0.05) is 12.3 Å². The zero-order chi connectivity index (χ0) is 14.5. The fourth-order valence-electron chi connectivity index (χ4n) is 2.39. The maximum absolute atomic E-state index is 11.6. The Morgan fingerprint density at radius 3 is 2.95 bits per heavy atom. The molecule has 0 aromatic carbocycles. The number of aromatic nitrogens is 4. The third-order valence-electron chi connectivity index (χ3n) is 3.51. The van der Waals surface area contributed by atoms with E-state index in [4.69, 9.17) is 9.84 Å². The highest BCUT2D eigenvalue weighted by Gasteiger charge is 2.53. The lowest BCUT2D eigenvalue weighted by atomic mass is 9.97. The van der Waals surface area contributed by atoms with Gasteiger partial charge in [0.05, 0.1) is 6.61 Å². The Morgan fingerprint density at radius 1 is 1.55 bits per heavy atom. The van der Waals surface area contributed by atoms with Crippen LogP contribution in [0.1, 0.15) is 13.2 Å². The first-order chi connectivity index (χ1) is 9.46. The number of fused-ring (bicyclic) bond motifs is 1. The van der Waals surface area contributed by atoms with Gasteiger partial charge in [0.15, 0.2) is 6.23 Å². The molecule has 0 amide bonds. The van der Waals surface area contributed by atoms with E-state index >= 15 is 0 Å². The minimum atomic E-state index is -1.65. The van der Waals surface area contributed by atoms with Crippen LogP contribution in [-0.2, 0) is 4.74 Å². The van der Waals surface area contributed by atoms with Crippen molar-refractivity contribution in [3.05, 3.63) is 28.9 Å². The number of hydrogen-bond acceptors (Lipinski definition) is 7. The van der Waals surface area contributed by atoms with Gasteiger partial charge in [-0.2, -0.15) is 9.61 Å². The molecular weight excluding hydrogens is 268 g/mol. The van der Waals surface area contributed by atoms with Crippen LogP contribution in [0.25, 0.3) is 5.78 Å². The summed E-state index contributed by atoms with van der Waals surface area (Å²) in [6.45, 7) is 0.948. The molecule has 0 bridgehead atoms. The third-order valence-corrected chi connectivity index (χ3v) is 3.51. The molecule has 20 heavy (non-hydrogen) atoms. The molecule has 9 nitrogen and oxygen atoms in total. The van der Waals surface area contributed by atoms with Gasteiger partial charge in [-0.05, 0) is 6.92 Å².